The van der Waals surface area contributed by atoms with E-state index < -0.39 is 9.84 Å². The average molecular weight is 424 g/mol. The predicted molar refractivity (Wildman–Crippen MR) is 107 cm³/mol. The van der Waals surface area contributed by atoms with Crippen LogP contribution in [0.4, 0.5) is 4.39 Å². The SMILES string of the molecule is CS(=O)(=O)c1ccc(O[C@@H]2c3cc(Cl)cc(F)c3C[C@H]2[C@@H]2CCC[C@H]2N)cc1. The van der Waals surface area contributed by atoms with Crippen molar-refractivity contribution in [2.45, 2.75) is 42.7 Å². The van der Waals surface area contributed by atoms with Crippen molar-refractivity contribution in [2.75, 3.05) is 6.26 Å². The zero-order valence-electron chi connectivity index (χ0n) is 15.6. The number of hydrogen-bond donors (Lipinski definition) is 1. The van der Waals surface area contributed by atoms with Gasteiger partial charge in [-0.15, -0.1) is 0 Å². The van der Waals surface area contributed by atoms with Gasteiger partial charge in [0.25, 0.3) is 0 Å². The molecule has 2 aliphatic carbocycles. The van der Waals surface area contributed by atoms with Crippen molar-refractivity contribution >= 4 is 21.4 Å². The van der Waals surface area contributed by atoms with E-state index in [0.717, 1.165) is 24.8 Å². The van der Waals surface area contributed by atoms with E-state index in [2.05, 4.69) is 0 Å². The lowest BCUT2D eigenvalue weighted by atomic mass is 9.84. The minimum absolute atomic E-state index is 0.0649. The number of benzene rings is 2. The molecule has 4 nitrogen and oxygen atoms in total. The highest BCUT2D eigenvalue weighted by molar-refractivity contribution is 7.90. The van der Waals surface area contributed by atoms with E-state index >= 15 is 0 Å². The molecule has 4 rings (SSSR count). The maximum absolute atomic E-state index is 14.6. The van der Waals surface area contributed by atoms with Gasteiger partial charge in [0, 0.05) is 28.8 Å². The fourth-order valence-electron chi connectivity index (χ4n) is 4.65. The van der Waals surface area contributed by atoms with Gasteiger partial charge in [-0.2, -0.15) is 0 Å². The molecule has 1 saturated carbocycles. The standard InChI is InChI=1S/C21H23ClFNO3S/c1-28(25,26)14-7-5-13(6-8-14)27-21-17-9-12(22)10-19(23)16(17)11-18(21)15-3-2-4-20(15)24/h5-10,15,18,20-21H,2-4,11,24H2,1H3/t15-,18-,20+,21+/m0/s1. The smallest absolute Gasteiger partial charge is 0.175 e. The molecule has 0 radical (unpaired) electrons. The van der Waals surface area contributed by atoms with Crippen molar-refractivity contribution in [3.05, 3.63) is 58.4 Å². The van der Waals surface area contributed by atoms with E-state index in [1.807, 2.05) is 0 Å². The Kier molecular flexibility index (Phi) is 5.14. The molecule has 0 aromatic heterocycles. The summed E-state index contributed by atoms with van der Waals surface area (Å²) >= 11 is 6.12. The van der Waals surface area contributed by atoms with Gasteiger partial charge in [-0.3, -0.25) is 0 Å². The Balaban J connectivity index is 1.69. The lowest BCUT2D eigenvalue weighted by molar-refractivity contribution is 0.105. The quantitative estimate of drug-likeness (QED) is 0.795. The van der Waals surface area contributed by atoms with Gasteiger partial charge in [0.1, 0.15) is 17.7 Å². The van der Waals surface area contributed by atoms with Crippen LogP contribution in [0.1, 0.15) is 36.5 Å². The average Bonchev–Trinajstić information content (AvgIpc) is 3.19. The van der Waals surface area contributed by atoms with Crippen molar-refractivity contribution in [1.29, 1.82) is 0 Å². The van der Waals surface area contributed by atoms with Crippen LogP contribution >= 0.6 is 11.6 Å². The Morgan fingerprint density at radius 1 is 1.14 bits per heavy atom. The van der Waals surface area contributed by atoms with E-state index in [4.69, 9.17) is 22.1 Å². The number of rotatable bonds is 4. The Bertz CT molecular complexity index is 993. The third-order valence-corrected chi connectivity index (χ3v) is 7.37. The molecule has 7 heteroatoms. The van der Waals surface area contributed by atoms with Gasteiger partial charge in [0.15, 0.2) is 9.84 Å². The lowest BCUT2D eigenvalue weighted by Gasteiger charge is -2.29. The molecule has 4 atom stereocenters. The summed E-state index contributed by atoms with van der Waals surface area (Å²) in [6, 6.07) is 9.52. The first-order valence-corrected chi connectivity index (χ1v) is 11.7. The summed E-state index contributed by atoms with van der Waals surface area (Å²) in [5.74, 6) is 0.556. The molecule has 2 N–H and O–H groups in total. The van der Waals surface area contributed by atoms with Crippen LogP contribution in [0.25, 0.3) is 0 Å². The minimum atomic E-state index is -3.28. The van der Waals surface area contributed by atoms with Crippen LogP contribution in [0.3, 0.4) is 0 Å². The summed E-state index contributed by atoms with van der Waals surface area (Å²) in [6.07, 6.45) is 4.42. The predicted octanol–water partition coefficient (Wildman–Crippen LogP) is 4.30. The van der Waals surface area contributed by atoms with Gasteiger partial charge in [-0.1, -0.05) is 18.0 Å². The molecule has 0 unspecified atom stereocenters. The Morgan fingerprint density at radius 2 is 1.86 bits per heavy atom. The zero-order valence-corrected chi connectivity index (χ0v) is 17.1. The summed E-state index contributed by atoms with van der Waals surface area (Å²) in [6.45, 7) is 0. The van der Waals surface area contributed by atoms with E-state index in [1.54, 1.807) is 18.2 Å². The number of nitrogens with two attached hydrogens (primary N) is 1. The molecular weight excluding hydrogens is 401 g/mol. The van der Waals surface area contributed by atoms with E-state index in [9.17, 15) is 12.8 Å². The van der Waals surface area contributed by atoms with Crippen molar-refractivity contribution in [2.24, 2.45) is 17.6 Å². The summed E-state index contributed by atoms with van der Waals surface area (Å²) in [7, 11) is -3.28. The maximum atomic E-state index is 14.6. The van der Waals surface area contributed by atoms with Crippen molar-refractivity contribution in [3.63, 3.8) is 0 Å². The van der Waals surface area contributed by atoms with Crippen molar-refractivity contribution < 1.29 is 17.5 Å². The first kappa shape index (κ1) is 19.7. The first-order valence-electron chi connectivity index (χ1n) is 9.44. The van der Waals surface area contributed by atoms with E-state index in [1.165, 1.54) is 24.5 Å². The molecule has 1 fully saturated rings. The van der Waals surface area contributed by atoms with Crippen molar-refractivity contribution in [3.8, 4) is 5.75 Å². The highest BCUT2D eigenvalue weighted by atomic mass is 35.5. The van der Waals surface area contributed by atoms with Gasteiger partial charge >= 0.3 is 0 Å². The fraction of sp³-hybridized carbons (Fsp3) is 0.429. The number of ether oxygens (including phenoxy) is 1. The van der Waals surface area contributed by atoms with E-state index in [0.29, 0.717) is 22.8 Å². The molecule has 2 aromatic carbocycles. The summed E-state index contributed by atoms with van der Waals surface area (Å²) in [5, 5.41) is 0.341. The van der Waals surface area contributed by atoms with Crippen LogP contribution in [0.2, 0.25) is 5.02 Å². The molecule has 2 aromatic rings. The molecular formula is C21H23ClFNO3S. The van der Waals surface area contributed by atoms with Gasteiger partial charge in [0.05, 0.1) is 4.90 Å². The Hall–Kier alpha value is -1.63. The number of fused-ring (bicyclic) bond motifs is 1. The van der Waals surface area contributed by atoms with Crippen LogP contribution in [0, 0.1) is 17.7 Å². The number of hydrogen-bond acceptors (Lipinski definition) is 4. The highest BCUT2D eigenvalue weighted by Gasteiger charge is 2.44. The summed E-state index contributed by atoms with van der Waals surface area (Å²) in [4.78, 5) is 0.232. The van der Waals surface area contributed by atoms with Gasteiger partial charge in [-0.05, 0) is 67.1 Å². The number of sulfone groups is 1. The molecule has 0 spiro atoms. The van der Waals surface area contributed by atoms with Crippen LogP contribution in [-0.2, 0) is 16.3 Å². The molecule has 0 saturated heterocycles. The third-order valence-electron chi connectivity index (χ3n) is 6.02. The fourth-order valence-corrected chi connectivity index (χ4v) is 5.50. The third kappa shape index (κ3) is 3.65. The topological polar surface area (TPSA) is 69.4 Å². The summed E-state index contributed by atoms with van der Waals surface area (Å²) in [5.41, 5.74) is 7.75. The van der Waals surface area contributed by atoms with Gasteiger partial charge < -0.3 is 10.5 Å². The zero-order chi connectivity index (χ0) is 20.1. The van der Waals surface area contributed by atoms with E-state index in [-0.39, 0.29) is 34.7 Å². The largest absolute Gasteiger partial charge is 0.485 e. The van der Waals surface area contributed by atoms with Gasteiger partial charge in [0.2, 0.25) is 0 Å². The molecule has 0 aliphatic heterocycles. The van der Waals surface area contributed by atoms with Crippen LogP contribution < -0.4 is 10.5 Å². The van der Waals surface area contributed by atoms with Crippen LogP contribution in [0.5, 0.6) is 5.75 Å². The van der Waals surface area contributed by atoms with Crippen LogP contribution in [0.15, 0.2) is 41.3 Å². The molecule has 0 heterocycles. The molecule has 2 aliphatic rings. The maximum Gasteiger partial charge on any atom is 0.175 e. The second-order valence-electron chi connectivity index (χ2n) is 7.86. The monoisotopic (exact) mass is 423 g/mol. The molecule has 0 amide bonds. The minimum Gasteiger partial charge on any atom is -0.485 e. The first-order chi connectivity index (χ1) is 13.2. The Labute approximate surface area is 169 Å². The second kappa shape index (κ2) is 7.32. The molecule has 28 heavy (non-hydrogen) atoms. The highest BCUT2D eigenvalue weighted by Crippen LogP contribution is 2.48. The molecule has 0 bridgehead atoms. The summed E-state index contributed by atoms with van der Waals surface area (Å²) < 4.78 is 44.2. The Morgan fingerprint density at radius 3 is 2.46 bits per heavy atom. The normalized spacial score (nSPS) is 27.0. The number of halogens is 2. The second-order valence-corrected chi connectivity index (χ2v) is 10.3. The molecule has 150 valence electrons. The van der Waals surface area contributed by atoms with Crippen LogP contribution in [-0.4, -0.2) is 20.7 Å². The lowest BCUT2D eigenvalue weighted by Crippen LogP contribution is -2.33. The van der Waals surface area contributed by atoms with Crippen molar-refractivity contribution in [1.82, 2.24) is 0 Å². The van der Waals surface area contributed by atoms with Gasteiger partial charge in [-0.25, -0.2) is 12.8 Å².